The predicted octanol–water partition coefficient (Wildman–Crippen LogP) is 14.4. The van der Waals surface area contributed by atoms with E-state index in [0.717, 1.165) is 50.1 Å². The zero-order chi connectivity index (χ0) is 41.2. The Kier molecular flexibility index (Phi) is 8.29. The number of anilines is 1. The largest absolute Gasteiger partial charge is 0.452 e. The van der Waals surface area contributed by atoms with Gasteiger partial charge in [-0.25, -0.2) is 0 Å². The highest BCUT2D eigenvalue weighted by Crippen LogP contribution is 2.63. The summed E-state index contributed by atoms with van der Waals surface area (Å²) >= 11 is 0. The Balaban J connectivity index is 0.910. The third-order valence-electron chi connectivity index (χ3n) is 13.0. The second-order valence-corrected chi connectivity index (χ2v) is 16.4. The normalized spacial score (nSPS) is 13.2. The first-order valence-electron chi connectivity index (χ1n) is 21.3. The van der Waals surface area contributed by atoms with Crippen LogP contribution in [0.15, 0.2) is 228 Å². The molecule has 2 aliphatic rings. The second-order valence-electron chi connectivity index (χ2n) is 16.4. The van der Waals surface area contributed by atoms with Gasteiger partial charge in [0.25, 0.3) is 0 Å². The molecule has 0 atom stereocenters. The number of nitrogens with zero attached hydrogens (tertiary/aromatic N) is 1. The molecule has 292 valence electrons. The fourth-order valence-corrected chi connectivity index (χ4v) is 10.1. The summed E-state index contributed by atoms with van der Waals surface area (Å²) in [5.74, 6) is 0.590. The molecule has 0 saturated carbocycles. The molecule has 3 heteroatoms. The molecule has 0 bridgehead atoms. The van der Waals surface area contributed by atoms with Gasteiger partial charge in [0.15, 0.2) is 5.76 Å². The van der Waals surface area contributed by atoms with E-state index in [1.807, 2.05) is 42.5 Å². The van der Waals surface area contributed by atoms with Crippen molar-refractivity contribution >= 4 is 22.4 Å². The van der Waals surface area contributed by atoms with Gasteiger partial charge in [-0.3, -0.25) is 4.99 Å². The third-order valence-corrected chi connectivity index (χ3v) is 13.0. The molecule has 0 saturated heterocycles. The molecule has 12 rings (SSSR count). The molecule has 0 amide bonds. The number of nitrogens with two attached hydrogens (primary N) is 1. The van der Waals surface area contributed by atoms with Crippen LogP contribution < -0.4 is 5.73 Å². The zero-order valence-electron chi connectivity index (χ0n) is 33.9. The van der Waals surface area contributed by atoms with E-state index < -0.39 is 0 Å². The van der Waals surface area contributed by atoms with Crippen LogP contribution in [0, 0.1) is 0 Å². The molecular weight excluding hydrogens is 753 g/mol. The lowest BCUT2D eigenvalue weighted by atomic mass is 9.70. The van der Waals surface area contributed by atoms with Crippen molar-refractivity contribution in [1.82, 2.24) is 0 Å². The molecule has 1 spiro atoms. The van der Waals surface area contributed by atoms with Crippen LogP contribution in [0.3, 0.4) is 0 Å². The molecule has 9 aromatic carbocycles. The van der Waals surface area contributed by atoms with E-state index in [1.54, 1.807) is 0 Å². The summed E-state index contributed by atoms with van der Waals surface area (Å²) in [6.07, 6.45) is 0. The van der Waals surface area contributed by atoms with Gasteiger partial charge in [0.2, 0.25) is 0 Å². The Morgan fingerprint density at radius 2 is 0.887 bits per heavy atom. The lowest BCUT2D eigenvalue weighted by Gasteiger charge is -2.30. The van der Waals surface area contributed by atoms with E-state index in [1.165, 1.54) is 55.6 Å². The van der Waals surface area contributed by atoms with Gasteiger partial charge in [0.1, 0.15) is 11.3 Å². The number of nitrogen functional groups attached to an aromatic ring is 1. The molecule has 1 heterocycles. The summed E-state index contributed by atoms with van der Waals surface area (Å²) in [6.45, 7) is 0.519. The first-order valence-corrected chi connectivity index (χ1v) is 21.3. The van der Waals surface area contributed by atoms with Gasteiger partial charge in [0, 0.05) is 10.9 Å². The molecule has 10 aromatic rings. The van der Waals surface area contributed by atoms with E-state index in [2.05, 4.69) is 176 Å². The first kappa shape index (κ1) is 35.9. The summed E-state index contributed by atoms with van der Waals surface area (Å²) in [7, 11) is 0. The number of rotatable bonds is 7. The van der Waals surface area contributed by atoms with Crippen molar-refractivity contribution in [3.8, 4) is 55.6 Å². The summed E-state index contributed by atoms with van der Waals surface area (Å²) in [5.41, 5.74) is 28.3. The smallest absolute Gasteiger partial charge is 0.176 e. The van der Waals surface area contributed by atoms with Crippen molar-refractivity contribution in [3.05, 3.63) is 258 Å². The minimum atomic E-state index is -0.376. The van der Waals surface area contributed by atoms with Crippen LogP contribution >= 0.6 is 0 Å². The van der Waals surface area contributed by atoms with Gasteiger partial charge >= 0.3 is 0 Å². The fourth-order valence-electron chi connectivity index (χ4n) is 10.1. The van der Waals surface area contributed by atoms with Gasteiger partial charge in [-0.15, -0.1) is 0 Å². The highest BCUT2D eigenvalue weighted by molar-refractivity contribution is 6.17. The SMILES string of the molecule is Nc1c(C(=NCc2ccccc2)c2ccccc2)oc2ccc(-c3cccc(-c4cccc(-c5ccc6c(c5)C5(c7ccccc7-c7ccccc75)c5ccccc5-6)c4)c3)cc12. The Hall–Kier alpha value is -8.01. The number of benzene rings is 9. The molecule has 2 N–H and O–H groups in total. The molecule has 0 fully saturated rings. The van der Waals surface area contributed by atoms with Gasteiger partial charge in [-0.1, -0.05) is 188 Å². The minimum Gasteiger partial charge on any atom is -0.452 e. The highest BCUT2D eigenvalue weighted by atomic mass is 16.3. The second kappa shape index (κ2) is 14.3. The minimum absolute atomic E-state index is 0.376. The molecule has 1 aromatic heterocycles. The van der Waals surface area contributed by atoms with Crippen LogP contribution in [0.5, 0.6) is 0 Å². The zero-order valence-corrected chi connectivity index (χ0v) is 33.9. The summed E-state index contributed by atoms with van der Waals surface area (Å²) in [6, 6.07) is 78.5. The quantitative estimate of drug-likeness (QED) is 0.163. The lowest BCUT2D eigenvalue weighted by Crippen LogP contribution is -2.25. The van der Waals surface area contributed by atoms with E-state index >= 15 is 0 Å². The monoisotopic (exact) mass is 792 g/mol. The number of fused-ring (bicyclic) bond motifs is 11. The van der Waals surface area contributed by atoms with Crippen LogP contribution in [0.1, 0.15) is 39.1 Å². The summed E-state index contributed by atoms with van der Waals surface area (Å²) in [4.78, 5) is 5.05. The number of furan rings is 1. The van der Waals surface area contributed by atoms with E-state index in [0.29, 0.717) is 18.0 Å². The maximum Gasteiger partial charge on any atom is 0.176 e. The van der Waals surface area contributed by atoms with Crippen LogP contribution in [-0.4, -0.2) is 5.71 Å². The van der Waals surface area contributed by atoms with E-state index in [9.17, 15) is 0 Å². The van der Waals surface area contributed by atoms with Crippen LogP contribution in [-0.2, 0) is 12.0 Å². The molecule has 3 nitrogen and oxygen atoms in total. The number of aliphatic imine (C=N–C) groups is 1. The first-order chi connectivity index (χ1) is 30.6. The fraction of sp³-hybridized carbons (Fsp3) is 0.0339. The lowest BCUT2D eigenvalue weighted by molar-refractivity contribution is 0.606. The van der Waals surface area contributed by atoms with Crippen LogP contribution in [0.4, 0.5) is 5.69 Å². The van der Waals surface area contributed by atoms with Gasteiger partial charge < -0.3 is 10.2 Å². The van der Waals surface area contributed by atoms with Crippen LogP contribution in [0.25, 0.3) is 66.6 Å². The Morgan fingerprint density at radius 3 is 1.47 bits per heavy atom. The average Bonchev–Trinajstić information content (AvgIpc) is 3.95. The van der Waals surface area contributed by atoms with Gasteiger partial charge in [0.05, 0.1) is 17.6 Å². The number of hydrogen-bond acceptors (Lipinski definition) is 3. The Labute approximate surface area is 361 Å². The molecule has 0 radical (unpaired) electrons. The van der Waals surface area contributed by atoms with Crippen molar-refractivity contribution < 1.29 is 4.42 Å². The van der Waals surface area contributed by atoms with Gasteiger partial charge in [-0.05, 0) is 114 Å². The maximum absolute atomic E-state index is 6.96. The third kappa shape index (κ3) is 5.56. The van der Waals surface area contributed by atoms with Crippen molar-refractivity contribution in [2.24, 2.45) is 4.99 Å². The maximum atomic E-state index is 6.96. The van der Waals surface area contributed by atoms with Crippen LogP contribution in [0.2, 0.25) is 0 Å². The predicted molar refractivity (Wildman–Crippen MR) is 255 cm³/mol. The van der Waals surface area contributed by atoms with Gasteiger partial charge in [-0.2, -0.15) is 0 Å². The summed E-state index contributed by atoms with van der Waals surface area (Å²) in [5, 5.41) is 0.872. The van der Waals surface area contributed by atoms with E-state index in [4.69, 9.17) is 15.1 Å². The van der Waals surface area contributed by atoms with Crippen molar-refractivity contribution in [3.63, 3.8) is 0 Å². The standard InChI is InChI=1S/C59H40N2O/c60-56-50-35-44(30-32-55(50)62-58(56)57(39-17-5-2-6-18-39)61-37-38-15-3-1-4-16-38)42-21-13-19-40(33-42)41-20-14-22-43(34-41)45-29-31-49-48-25-9-12-28-53(48)59(54(49)36-45)51-26-10-7-23-46(51)47-24-8-11-27-52(47)59/h1-36H,37,60H2. The summed E-state index contributed by atoms with van der Waals surface area (Å²) < 4.78 is 6.50. The Bertz CT molecular complexity index is 3330. The average molecular weight is 793 g/mol. The molecule has 0 aliphatic heterocycles. The van der Waals surface area contributed by atoms with Crippen molar-refractivity contribution in [2.45, 2.75) is 12.0 Å². The van der Waals surface area contributed by atoms with E-state index in [-0.39, 0.29) is 5.41 Å². The van der Waals surface area contributed by atoms with Crippen molar-refractivity contribution in [1.29, 1.82) is 0 Å². The molecule has 0 unspecified atom stereocenters. The Morgan fingerprint density at radius 1 is 0.419 bits per heavy atom. The molecule has 62 heavy (non-hydrogen) atoms. The topological polar surface area (TPSA) is 51.5 Å². The van der Waals surface area contributed by atoms with Crippen molar-refractivity contribution in [2.75, 3.05) is 5.73 Å². The highest BCUT2D eigenvalue weighted by Gasteiger charge is 2.51. The molecular formula is C59H40N2O. The number of hydrogen-bond donors (Lipinski definition) is 1. The molecule has 2 aliphatic carbocycles.